The van der Waals surface area contributed by atoms with E-state index in [9.17, 15) is 14.9 Å². The number of thioether (sulfide) groups is 1. The van der Waals surface area contributed by atoms with Crippen molar-refractivity contribution in [2.75, 3.05) is 16.0 Å². The highest BCUT2D eigenvalue weighted by Crippen LogP contribution is 2.47. The number of carbonyl (C=O) groups excluding carboxylic acids is 2. The number of carbonyl (C=O) groups is 2. The van der Waals surface area contributed by atoms with Crippen molar-refractivity contribution in [3.05, 3.63) is 87.4 Å². The average Bonchev–Trinajstić information content (AvgIpc) is 3.38. The molecule has 1 atom stereocenters. The summed E-state index contributed by atoms with van der Waals surface area (Å²) in [5, 5.41) is 22.3. The molecule has 2 aromatic carbocycles. The maximum absolute atomic E-state index is 13.3. The van der Waals surface area contributed by atoms with Gasteiger partial charge < -0.3 is 11.1 Å². The normalized spacial score (nSPS) is 17.2. The summed E-state index contributed by atoms with van der Waals surface area (Å²) in [6.45, 7) is 5.90. The van der Waals surface area contributed by atoms with Crippen molar-refractivity contribution in [2.45, 2.75) is 50.3 Å². The Kier molecular flexibility index (Phi) is 7.55. The minimum absolute atomic E-state index is 0.0250. The number of hydrogen-bond acceptors (Lipinski definition) is 9. The largest absolute Gasteiger partial charge is 0.384 e. The highest BCUT2D eigenvalue weighted by molar-refractivity contribution is 8.01. The van der Waals surface area contributed by atoms with E-state index in [-0.39, 0.29) is 23.3 Å². The van der Waals surface area contributed by atoms with Gasteiger partial charge in [0.25, 0.3) is 0 Å². The lowest BCUT2D eigenvalue weighted by atomic mass is 9.75. The molecule has 1 aliphatic heterocycles. The fraction of sp³-hybridized carbons (Fsp3) is 0.276. The number of nitrogens with two attached hydrogens (primary N) is 1. The van der Waals surface area contributed by atoms with Crippen LogP contribution in [0.5, 0.6) is 0 Å². The van der Waals surface area contributed by atoms with E-state index in [0.717, 1.165) is 33.6 Å². The number of nitrogens with one attached hydrogen (secondary N) is 1. The van der Waals surface area contributed by atoms with Crippen molar-refractivity contribution < 1.29 is 9.59 Å². The fourth-order valence-electron chi connectivity index (χ4n) is 5.19. The van der Waals surface area contributed by atoms with Crippen molar-refractivity contribution in [3.63, 3.8) is 0 Å². The first-order chi connectivity index (χ1) is 18.8. The summed E-state index contributed by atoms with van der Waals surface area (Å²) in [6.07, 6.45) is 1.77. The van der Waals surface area contributed by atoms with Gasteiger partial charge in [-0.2, -0.15) is 5.26 Å². The van der Waals surface area contributed by atoms with Crippen LogP contribution in [0, 0.1) is 32.1 Å². The van der Waals surface area contributed by atoms with Gasteiger partial charge in [-0.25, -0.2) is 0 Å². The lowest BCUT2D eigenvalue weighted by Gasteiger charge is -2.38. The summed E-state index contributed by atoms with van der Waals surface area (Å²) in [4.78, 5) is 27.7. The summed E-state index contributed by atoms with van der Waals surface area (Å²) >= 11 is 2.57. The molecule has 2 heterocycles. The first-order valence-electron chi connectivity index (χ1n) is 12.6. The van der Waals surface area contributed by atoms with Gasteiger partial charge in [-0.1, -0.05) is 65.6 Å². The van der Waals surface area contributed by atoms with Crippen molar-refractivity contribution in [3.8, 4) is 6.07 Å². The number of nitriles is 1. The van der Waals surface area contributed by atoms with Gasteiger partial charge in [0.2, 0.25) is 11.0 Å². The summed E-state index contributed by atoms with van der Waals surface area (Å²) in [6, 6.07) is 16.0. The standard InChI is InChI=1S/C29H28N6O2S2/c1-16-8-4-5-11-19(16)24-20(14-30)27(31)35(21-12-7-13-22(36)25(21)24)28-33-34-29(39-28)38-15-23(37)32-26-17(2)9-6-10-18(26)3/h4-6,8-11,24H,7,12-13,15,31H2,1-3H3,(H,32,37). The number of para-hydroxylation sites is 1. The molecule has 0 radical (unpaired) electrons. The van der Waals surface area contributed by atoms with Gasteiger partial charge >= 0.3 is 0 Å². The Morgan fingerprint density at radius 3 is 2.56 bits per heavy atom. The molecule has 5 rings (SSSR count). The Morgan fingerprint density at radius 2 is 1.85 bits per heavy atom. The second-order valence-electron chi connectivity index (χ2n) is 9.63. The van der Waals surface area contributed by atoms with Crippen molar-refractivity contribution in [1.82, 2.24) is 10.2 Å². The molecule has 0 fully saturated rings. The molecule has 1 aromatic heterocycles. The van der Waals surface area contributed by atoms with Crippen LogP contribution >= 0.6 is 23.1 Å². The van der Waals surface area contributed by atoms with E-state index >= 15 is 0 Å². The summed E-state index contributed by atoms with van der Waals surface area (Å²) < 4.78 is 0.596. The first-order valence-corrected chi connectivity index (χ1v) is 14.4. The molecular formula is C29H28N6O2S2. The van der Waals surface area contributed by atoms with Crippen LogP contribution in [0.1, 0.15) is 47.4 Å². The van der Waals surface area contributed by atoms with E-state index < -0.39 is 5.92 Å². The number of Topliss-reactive ketones (excluding diaryl/α,β-unsaturated/α-hetero) is 1. The number of aryl methyl sites for hydroxylation is 3. The molecule has 0 saturated heterocycles. The third kappa shape index (κ3) is 5.07. The Balaban J connectivity index is 1.43. The van der Waals surface area contributed by atoms with Crippen molar-refractivity contribution >= 4 is 45.6 Å². The lowest BCUT2D eigenvalue weighted by Crippen LogP contribution is -2.38. The number of ketones is 1. The van der Waals surface area contributed by atoms with Crippen LogP contribution in [0.3, 0.4) is 0 Å². The Hall–Kier alpha value is -3.94. The first kappa shape index (κ1) is 26.7. The zero-order valence-electron chi connectivity index (χ0n) is 21.9. The predicted molar refractivity (Wildman–Crippen MR) is 154 cm³/mol. The molecule has 8 nitrogen and oxygen atoms in total. The highest BCUT2D eigenvalue weighted by Gasteiger charge is 2.41. The number of anilines is 2. The fourth-order valence-corrected chi connectivity index (χ4v) is 6.87. The molecule has 10 heteroatoms. The number of nitrogens with zero attached hydrogens (tertiary/aromatic N) is 4. The van der Waals surface area contributed by atoms with Gasteiger partial charge in [-0.15, -0.1) is 10.2 Å². The molecule has 0 saturated carbocycles. The molecule has 2 aliphatic rings. The number of benzene rings is 2. The van der Waals surface area contributed by atoms with E-state index in [1.165, 1.54) is 23.1 Å². The number of hydrogen-bond donors (Lipinski definition) is 2. The smallest absolute Gasteiger partial charge is 0.234 e. The summed E-state index contributed by atoms with van der Waals surface area (Å²) in [7, 11) is 0. The van der Waals surface area contributed by atoms with E-state index in [2.05, 4.69) is 21.6 Å². The van der Waals surface area contributed by atoms with E-state index in [4.69, 9.17) is 5.73 Å². The average molecular weight is 557 g/mol. The van der Waals surface area contributed by atoms with Gasteiger partial charge in [-0.05, 0) is 55.9 Å². The zero-order chi connectivity index (χ0) is 27.7. The van der Waals surface area contributed by atoms with Crippen LogP contribution in [-0.4, -0.2) is 27.6 Å². The molecule has 198 valence electrons. The second-order valence-corrected chi connectivity index (χ2v) is 11.8. The van der Waals surface area contributed by atoms with E-state index in [0.29, 0.717) is 39.9 Å². The van der Waals surface area contributed by atoms with Crippen molar-refractivity contribution in [1.29, 1.82) is 5.26 Å². The SMILES string of the molecule is Cc1ccccc1C1C(C#N)=C(N)N(c2nnc(SCC(=O)Nc3c(C)cccc3C)s2)C2=C1C(=O)CCC2. The minimum Gasteiger partial charge on any atom is -0.384 e. The minimum atomic E-state index is -0.509. The zero-order valence-corrected chi connectivity index (χ0v) is 23.6. The van der Waals surface area contributed by atoms with Gasteiger partial charge in [0, 0.05) is 23.4 Å². The maximum atomic E-state index is 13.3. The Bertz CT molecular complexity index is 1560. The molecule has 0 spiro atoms. The lowest BCUT2D eigenvalue weighted by molar-refractivity contribution is -0.116. The molecule has 3 N–H and O–H groups in total. The molecule has 1 aliphatic carbocycles. The Labute approximate surface area is 235 Å². The van der Waals surface area contributed by atoms with Crippen LogP contribution in [0.2, 0.25) is 0 Å². The van der Waals surface area contributed by atoms with E-state index in [1.807, 2.05) is 63.2 Å². The van der Waals surface area contributed by atoms with E-state index in [1.54, 1.807) is 4.90 Å². The third-order valence-corrected chi connectivity index (χ3v) is 9.11. The van der Waals surface area contributed by atoms with Crippen LogP contribution in [0.15, 0.2) is 69.5 Å². The molecular weight excluding hydrogens is 528 g/mol. The van der Waals surface area contributed by atoms with Gasteiger partial charge in [0.1, 0.15) is 5.82 Å². The van der Waals surface area contributed by atoms with Crippen molar-refractivity contribution in [2.24, 2.45) is 5.73 Å². The quantitative estimate of drug-likeness (QED) is 0.382. The van der Waals surface area contributed by atoms with Crippen LogP contribution in [0.25, 0.3) is 0 Å². The highest BCUT2D eigenvalue weighted by atomic mass is 32.2. The second kappa shape index (κ2) is 11.0. The van der Waals surface area contributed by atoms with Gasteiger partial charge in [0.05, 0.1) is 23.3 Å². The summed E-state index contributed by atoms with van der Waals surface area (Å²) in [5.41, 5.74) is 13.1. The number of amides is 1. The maximum Gasteiger partial charge on any atom is 0.234 e. The van der Waals surface area contributed by atoms with Gasteiger partial charge in [-0.3, -0.25) is 14.5 Å². The third-order valence-electron chi connectivity index (χ3n) is 7.07. The molecule has 3 aromatic rings. The molecule has 1 unspecified atom stereocenters. The molecule has 39 heavy (non-hydrogen) atoms. The topological polar surface area (TPSA) is 125 Å². The van der Waals surface area contributed by atoms with Crippen LogP contribution in [-0.2, 0) is 9.59 Å². The number of rotatable bonds is 6. The number of allylic oxidation sites excluding steroid dienone is 3. The molecule has 0 bridgehead atoms. The van der Waals surface area contributed by atoms with Crippen LogP contribution < -0.4 is 16.0 Å². The summed E-state index contributed by atoms with van der Waals surface area (Å²) in [5.74, 6) is -0.191. The van der Waals surface area contributed by atoms with Crippen LogP contribution in [0.4, 0.5) is 10.8 Å². The number of aromatic nitrogens is 2. The Morgan fingerprint density at radius 1 is 1.13 bits per heavy atom. The monoisotopic (exact) mass is 556 g/mol. The van der Waals surface area contributed by atoms with Gasteiger partial charge in [0.15, 0.2) is 10.1 Å². The molecule has 1 amide bonds. The predicted octanol–water partition coefficient (Wildman–Crippen LogP) is 5.50.